The molecule has 0 bridgehead atoms. The summed E-state index contributed by atoms with van der Waals surface area (Å²) in [4.78, 5) is 23.7. The summed E-state index contributed by atoms with van der Waals surface area (Å²) >= 11 is 4.44. The lowest BCUT2D eigenvalue weighted by atomic mass is 10.3. The minimum Gasteiger partial charge on any atom is -0.482 e. The average molecular weight is 539 g/mol. The Morgan fingerprint density at radius 2 is 1.81 bits per heavy atom. The Morgan fingerprint density at radius 3 is 2.47 bits per heavy atom. The number of rotatable bonds is 9. The van der Waals surface area contributed by atoms with Gasteiger partial charge in [0.1, 0.15) is 9.96 Å². The van der Waals surface area contributed by atoms with Gasteiger partial charge >= 0.3 is 5.97 Å². The van der Waals surface area contributed by atoms with Crippen molar-refractivity contribution < 1.29 is 27.5 Å². The van der Waals surface area contributed by atoms with Crippen LogP contribution in [0, 0.1) is 0 Å². The van der Waals surface area contributed by atoms with E-state index in [1.54, 1.807) is 60.0 Å². The van der Waals surface area contributed by atoms with Gasteiger partial charge in [0, 0.05) is 17.2 Å². The zero-order valence-electron chi connectivity index (χ0n) is 16.9. The third kappa shape index (κ3) is 6.31. The van der Waals surface area contributed by atoms with Gasteiger partial charge in [-0.25, -0.2) is 13.2 Å². The number of hydrogen-bond acceptors (Lipinski definition) is 7. The zero-order chi connectivity index (χ0) is 23.1. The quantitative estimate of drug-likeness (QED) is 0.414. The summed E-state index contributed by atoms with van der Waals surface area (Å²) in [6, 6.07) is 16.4. The second kappa shape index (κ2) is 10.6. The summed E-state index contributed by atoms with van der Waals surface area (Å²) < 4.78 is 37.6. The Balaban J connectivity index is 1.46. The van der Waals surface area contributed by atoms with E-state index in [1.165, 1.54) is 11.4 Å². The van der Waals surface area contributed by atoms with E-state index in [9.17, 15) is 18.0 Å². The van der Waals surface area contributed by atoms with Crippen LogP contribution >= 0.6 is 27.3 Å². The number of anilines is 2. The summed E-state index contributed by atoms with van der Waals surface area (Å²) in [5.41, 5.74) is 1.01. The second-order valence-electron chi connectivity index (χ2n) is 6.41. The minimum absolute atomic E-state index is 0.243. The zero-order valence-corrected chi connectivity index (χ0v) is 20.1. The van der Waals surface area contributed by atoms with Crippen molar-refractivity contribution in [3.05, 3.63) is 70.5 Å². The Kier molecular flexibility index (Phi) is 7.89. The van der Waals surface area contributed by atoms with Crippen LogP contribution in [0.25, 0.3) is 0 Å². The SMILES string of the molecule is CN(c1ccc(OCC(=O)OCC(=O)Nc2cccc(Br)c2)cc1)S(=O)(=O)c1cccs1. The molecule has 8 nitrogen and oxygen atoms in total. The Morgan fingerprint density at radius 1 is 1.06 bits per heavy atom. The second-order valence-corrected chi connectivity index (χ2v) is 10.5. The van der Waals surface area contributed by atoms with Crippen LogP contribution in [0.4, 0.5) is 11.4 Å². The van der Waals surface area contributed by atoms with Crippen molar-refractivity contribution in [1.82, 2.24) is 0 Å². The molecule has 1 N–H and O–H groups in total. The van der Waals surface area contributed by atoms with E-state index in [-0.39, 0.29) is 4.21 Å². The molecular formula is C21H19BrN2O6S2. The van der Waals surface area contributed by atoms with Crippen LogP contribution in [0.3, 0.4) is 0 Å². The van der Waals surface area contributed by atoms with Gasteiger partial charge in [-0.3, -0.25) is 9.10 Å². The number of esters is 1. The maximum Gasteiger partial charge on any atom is 0.344 e. The number of halogens is 1. The van der Waals surface area contributed by atoms with Crippen LogP contribution < -0.4 is 14.4 Å². The van der Waals surface area contributed by atoms with Gasteiger partial charge in [0.25, 0.3) is 15.9 Å². The number of amides is 1. The van der Waals surface area contributed by atoms with Gasteiger partial charge in [0.05, 0.1) is 5.69 Å². The first-order chi connectivity index (χ1) is 15.3. The summed E-state index contributed by atoms with van der Waals surface area (Å²) in [7, 11) is -2.17. The Bertz CT molecular complexity index is 1180. The molecule has 1 aromatic heterocycles. The van der Waals surface area contributed by atoms with E-state index < -0.39 is 35.1 Å². The van der Waals surface area contributed by atoms with Gasteiger partial charge in [-0.15, -0.1) is 11.3 Å². The highest BCUT2D eigenvalue weighted by Gasteiger charge is 2.22. The van der Waals surface area contributed by atoms with Crippen molar-refractivity contribution in [1.29, 1.82) is 0 Å². The Hall–Kier alpha value is -2.89. The highest BCUT2D eigenvalue weighted by Crippen LogP contribution is 2.26. The van der Waals surface area contributed by atoms with E-state index in [4.69, 9.17) is 9.47 Å². The lowest BCUT2D eigenvalue weighted by Crippen LogP contribution is -2.25. The van der Waals surface area contributed by atoms with Crippen molar-refractivity contribution in [2.45, 2.75) is 4.21 Å². The normalized spacial score (nSPS) is 10.9. The number of nitrogens with one attached hydrogen (secondary N) is 1. The van der Waals surface area contributed by atoms with E-state index in [1.807, 2.05) is 6.07 Å². The highest BCUT2D eigenvalue weighted by molar-refractivity contribution is 9.10. The van der Waals surface area contributed by atoms with Gasteiger partial charge in [-0.05, 0) is 53.9 Å². The maximum atomic E-state index is 12.6. The van der Waals surface area contributed by atoms with Gasteiger partial charge in [-0.2, -0.15) is 0 Å². The molecule has 2 aromatic carbocycles. The Labute approximate surface area is 197 Å². The fraction of sp³-hybridized carbons (Fsp3) is 0.143. The summed E-state index contributed by atoms with van der Waals surface area (Å²) in [5, 5.41) is 4.31. The van der Waals surface area contributed by atoms with Gasteiger partial charge < -0.3 is 14.8 Å². The van der Waals surface area contributed by atoms with Crippen molar-refractivity contribution in [2.75, 3.05) is 29.9 Å². The molecule has 0 unspecified atom stereocenters. The smallest absolute Gasteiger partial charge is 0.344 e. The topological polar surface area (TPSA) is 102 Å². The molecular weight excluding hydrogens is 520 g/mol. The number of sulfonamides is 1. The van der Waals surface area contributed by atoms with Crippen LogP contribution in [-0.2, 0) is 24.3 Å². The number of nitrogens with zero attached hydrogens (tertiary/aromatic N) is 1. The lowest BCUT2D eigenvalue weighted by molar-refractivity contribution is -0.149. The van der Waals surface area contributed by atoms with E-state index >= 15 is 0 Å². The third-order valence-corrected chi connectivity index (χ3v) is 7.79. The third-order valence-electron chi connectivity index (χ3n) is 4.14. The molecule has 0 aliphatic heterocycles. The molecule has 0 fully saturated rings. The molecule has 0 radical (unpaired) electrons. The average Bonchev–Trinajstić information content (AvgIpc) is 3.32. The van der Waals surface area contributed by atoms with Gasteiger partial charge in [0.2, 0.25) is 0 Å². The molecule has 0 aliphatic carbocycles. The van der Waals surface area contributed by atoms with Crippen molar-refractivity contribution in [3.63, 3.8) is 0 Å². The van der Waals surface area contributed by atoms with Crippen LogP contribution in [0.5, 0.6) is 5.75 Å². The van der Waals surface area contributed by atoms with Crippen LogP contribution in [-0.4, -0.2) is 40.6 Å². The fourth-order valence-electron chi connectivity index (χ4n) is 2.53. The standard InChI is InChI=1S/C21H19BrN2O6S2/c1-24(32(27,28)21-6-3-11-31-21)17-7-9-18(10-8-17)29-14-20(26)30-13-19(25)23-16-5-2-4-15(22)12-16/h2-12H,13-14H2,1H3,(H,23,25). The van der Waals surface area contributed by atoms with Crippen molar-refractivity contribution in [3.8, 4) is 5.75 Å². The van der Waals surface area contributed by atoms with Crippen molar-refractivity contribution >= 4 is 60.5 Å². The molecule has 0 saturated heterocycles. The van der Waals surface area contributed by atoms with E-state index in [2.05, 4.69) is 21.2 Å². The number of hydrogen-bond donors (Lipinski definition) is 1. The molecule has 0 aliphatic rings. The first-order valence-electron chi connectivity index (χ1n) is 9.22. The van der Waals surface area contributed by atoms with Crippen LogP contribution in [0.2, 0.25) is 0 Å². The molecule has 0 saturated carbocycles. The molecule has 11 heteroatoms. The molecule has 3 rings (SSSR count). The molecule has 168 valence electrons. The molecule has 0 atom stereocenters. The van der Waals surface area contributed by atoms with Gasteiger partial charge in [0.15, 0.2) is 13.2 Å². The first kappa shape index (κ1) is 23.8. The summed E-state index contributed by atoms with van der Waals surface area (Å²) in [5.74, 6) is -0.835. The number of carbonyl (C=O) groups is 2. The largest absolute Gasteiger partial charge is 0.482 e. The summed E-state index contributed by atoms with van der Waals surface area (Å²) in [6.07, 6.45) is 0. The predicted molar refractivity (Wildman–Crippen MR) is 126 cm³/mol. The molecule has 1 amide bonds. The van der Waals surface area contributed by atoms with Crippen molar-refractivity contribution in [2.24, 2.45) is 0 Å². The number of carbonyl (C=O) groups excluding carboxylic acids is 2. The number of benzene rings is 2. The number of ether oxygens (including phenoxy) is 2. The summed E-state index contributed by atoms with van der Waals surface area (Å²) in [6.45, 7) is -0.841. The molecule has 32 heavy (non-hydrogen) atoms. The minimum atomic E-state index is -3.63. The van der Waals surface area contributed by atoms with E-state index in [0.29, 0.717) is 17.1 Å². The number of thiophene rings is 1. The lowest BCUT2D eigenvalue weighted by Gasteiger charge is -2.18. The highest BCUT2D eigenvalue weighted by atomic mass is 79.9. The van der Waals surface area contributed by atoms with Crippen LogP contribution in [0.15, 0.2) is 74.7 Å². The molecule has 3 aromatic rings. The predicted octanol–water partition coefficient (Wildman–Crippen LogP) is 3.90. The fourth-order valence-corrected chi connectivity index (χ4v) is 5.29. The monoisotopic (exact) mass is 538 g/mol. The first-order valence-corrected chi connectivity index (χ1v) is 12.3. The van der Waals surface area contributed by atoms with Crippen LogP contribution in [0.1, 0.15) is 0 Å². The van der Waals surface area contributed by atoms with Gasteiger partial charge in [-0.1, -0.05) is 28.1 Å². The maximum absolute atomic E-state index is 12.6. The van der Waals surface area contributed by atoms with E-state index in [0.717, 1.165) is 15.8 Å². The molecule has 1 heterocycles. The molecule has 0 spiro atoms.